The molecule has 0 aromatic heterocycles. The Kier molecular flexibility index (Phi) is 8.21. The highest BCUT2D eigenvalue weighted by molar-refractivity contribution is 6.60. The van der Waals surface area contributed by atoms with E-state index in [2.05, 4.69) is 0 Å². The van der Waals surface area contributed by atoms with Crippen LogP contribution in [0.4, 0.5) is 0 Å². The van der Waals surface area contributed by atoms with Crippen LogP contribution in [0.2, 0.25) is 6.04 Å². The highest BCUT2D eigenvalue weighted by Gasteiger charge is 2.38. The van der Waals surface area contributed by atoms with Crippen LogP contribution in [0, 0.1) is 0 Å². The van der Waals surface area contributed by atoms with Gasteiger partial charge >= 0.3 is 8.80 Å². The van der Waals surface area contributed by atoms with E-state index < -0.39 is 8.80 Å². The smallest absolute Gasteiger partial charge is 0.377 e. The zero-order valence-corrected chi connectivity index (χ0v) is 11.2. The molecule has 0 saturated carbocycles. The minimum atomic E-state index is -2.47. The summed E-state index contributed by atoms with van der Waals surface area (Å²) in [5.74, 6) is 0. The van der Waals surface area contributed by atoms with Crippen molar-refractivity contribution >= 4 is 8.80 Å². The summed E-state index contributed by atoms with van der Waals surface area (Å²) < 4.78 is 16.4. The van der Waals surface area contributed by atoms with Crippen LogP contribution in [0.5, 0.6) is 0 Å². The normalized spacial score (nSPS) is 12.4. The number of hydrogen-bond acceptors (Lipinski definition) is 5. The Morgan fingerprint density at radius 2 is 1.87 bits per heavy atom. The van der Waals surface area contributed by atoms with Crippen LogP contribution in [-0.2, 0) is 13.3 Å². The highest BCUT2D eigenvalue weighted by atomic mass is 28.4. The Morgan fingerprint density at radius 3 is 2.27 bits per heavy atom. The van der Waals surface area contributed by atoms with Crippen LogP contribution < -0.4 is 0 Å². The van der Waals surface area contributed by atoms with Crippen molar-refractivity contribution in [3.63, 3.8) is 0 Å². The molecular weight excluding hydrogens is 214 g/mol. The molecule has 0 aliphatic rings. The Bertz CT molecular complexity index is 153. The minimum Gasteiger partial charge on any atom is -0.377 e. The van der Waals surface area contributed by atoms with E-state index in [9.17, 15) is 0 Å². The first-order chi connectivity index (χ1) is 7.10. The van der Waals surface area contributed by atoms with E-state index in [-0.39, 0.29) is 0 Å². The highest BCUT2D eigenvalue weighted by Crippen LogP contribution is 2.16. The molecule has 0 aliphatic carbocycles. The second kappa shape index (κ2) is 8.20. The molecule has 0 bridgehead atoms. The second-order valence-corrected chi connectivity index (χ2v) is 6.40. The summed E-state index contributed by atoms with van der Waals surface area (Å²) in [4.78, 5) is 0. The van der Waals surface area contributed by atoms with Gasteiger partial charge in [-0.2, -0.15) is 5.06 Å². The fourth-order valence-electron chi connectivity index (χ4n) is 1.26. The van der Waals surface area contributed by atoms with Crippen molar-refractivity contribution in [2.45, 2.75) is 25.8 Å². The van der Waals surface area contributed by atoms with Crippen LogP contribution in [0.1, 0.15) is 19.8 Å². The summed E-state index contributed by atoms with van der Waals surface area (Å²) >= 11 is 0. The maximum atomic E-state index is 9.00. The number of nitrogens with zero attached hydrogens (tertiary/aromatic N) is 1. The van der Waals surface area contributed by atoms with Gasteiger partial charge in [-0.25, -0.2) is 0 Å². The fraction of sp³-hybridized carbons (Fsp3) is 1.00. The molecule has 0 heterocycles. The van der Waals surface area contributed by atoms with Gasteiger partial charge in [-0.1, -0.05) is 6.92 Å². The van der Waals surface area contributed by atoms with E-state index in [0.29, 0.717) is 13.2 Å². The lowest BCUT2D eigenvalue weighted by atomic mass is 10.5. The minimum absolute atomic E-state index is 0.594. The first-order valence-electron chi connectivity index (χ1n) is 5.24. The summed E-state index contributed by atoms with van der Waals surface area (Å²) in [5.41, 5.74) is 0. The molecule has 0 radical (unpaired) electrons. The van der Waals surface area contributed by atoms with Crippen molar-refractivity contribution in [1.82, 2.24) is 5.06 Å². The zero-order valence-electron chi connectivity index (χ0n) is 10.2. The molecule has 5 nitrogen and oxygen atoms in total. The van der Waals surface area contributed by atoms with Crippen molar-refractivity contribution in [3.8, 4) is 0 Å². The SMILES string of the molecule is CCCO[Si](CCCN(C)O)(OC)OC. The summed E-state index contributed by atoms with van der Waals surface area (Å²) in [7, 11) is 2.39. The van der Waals surface area contributed by atoms with Crippen LogP contribution in [-0.4, -0.2) is 53.5 Å². The van der Waals surface area contributed by atoms with Crippen LogP contribution >= 0.6 is 0 Å². The van der Waals surface area contributed by atoms with Gasteiger partial charge in [-0.15, -0.1) is 0 Å². The lowest BCUT2D eigenvalue weighted by Gasteiger charge is -2.26. The monoisotopic (exact) mass is 237 g/mol. The van der Waals surface area contributed by atoms with Gasteiger partial charge in [-0.3, -0.25) is 0 Å². The van der Waals surface area contributed by atoms with Gasteiger partial charge in [0.05, 0.1) is 0 Å². The number of hydrogen-bond donors (Lipinski definition) is 1. The molecular formula is C9H23NO4Si. The van der Waals surface area contributed by atoms with Crippen LogP contribution in [0.25, 0.3) is 0 Å². The van der Waals surface area contributed by atoms with E-state index in [1.807, 2.05) is 6.92 Å². The van der Waals surface area contributed by atoms with Crippen molar-refractivity contribution in [1.29, 1.82) is 0 Å². The molecule has 0 spiro atoms. The van der Waals surface area contributed by atoms with E-state index in [1.165, 1.54) is 0 Å². The Labute approximate surface area is 93.3 Å². The number of hydroxylamine groups is 2. The molecule has 0 aromatic carbocycles. The predicted octanol–water partition coefficient (Wildman–Crippen LogP) is 1.36. The lowest BCUT2D eigenvalue weighted by Crippen LogP contribution is -2.44. The molecule has 0 amide bonds. The standard InChI is InChI=1S/C9H23NO4Si/c1-5-8-14-15(12-3,13-4)9-6-7-10(2)11/h11H,5-9H2,1-4H3. The average Bonchev–Trinajstić information content (AvgIpc) is 2.23. The molecule has 6 heteroatoms. The molecule has 0 atom stereocenters. The van der Waals surface area contributed by atoms with Gasteiger partial charge in [0.1, 0.15) is 0 Å². The van der Waals surface area contributed by atoms with Crippen LogP contribution in [0.3, 0.4) is 0 Å². The second-order valence-electron chi connectivity index (χ2n) is 3.42. The maximum absolute atomic E-state index is 9.00. The third-order valence-electron chi connectivity index (χ3n) is 2.11. The summed E-state index contributed by atoms with van der Waals surface area (Å²) in [6.07, 6.45) is 1.74. The fourth-order valence-corrected chi connectivity index (χ4v) is 3.32. The first-order valence-corrected chi connectivity index (χ1v) is 7.17. The Morgan fingerprint density at radius 1 is 1.27 bits per heavy atom. The molecule has 15 heavy (non-hydrogen) atoms. The number of rotatable bonds is 9. The average molecular weight is 237 g/mol. The molecule has 0 aliphatic heterocycles. The quantitative estimate of drug-likeness (QED) is 0.485. The lowest BCUT2D eigenvalue weighted by molar-refractivity contribution is -0.0650. The summed E-state index contributed by atoms with van der Waals surface area (Å²) in [6.45, 7) is 3.30. The van der Waals surface area contributed by atoms with Crippen LogP contribution in [0.15, 0.2) is 0 Å². The first kappa shape index (κ1) is 15.0. The van der Waals surface area contributed by atoms with Crippen molar-refractivity contribution in [2.75, 3.05) is 34.4 Å². The van der Waals surface area contributed by atoms with Gasteiger partial charge in [0.25, 0.3) is 0 Å². The van der Waals surface area contributed by atoms with Crippen molar-refractivity contribution < 1.29 is 18.5 Å². The van der Waals surface area contributed by atoms with Gasteiger partial charge in [-0.05, 0) is 12.8 Å². The molecule has 92 valence electrons. The topological polar surface area (TPSA) is 51.2 Å². The van der Waals surface area contributed by atoms with Crippen molar-refractivity contribution in [2.24, 2.45) is 0 Å². The van der Waals surface area contributed by atoms with E-state index in [0.717, 1.165) is 23.9 Å². The Hall–Kier alpha value is 0.0169. The third kappa shape index (κ3) is 6.24. The van der Waals surface area contributed by atoms with Gasteiger partial charge in [0, 0.05) is 40.5 Å². The van der Waals surface area contributed by atoms with Gasteiger partial charge in [0.15, 0.2) is 0 Å². The van der Waals surface area contributed by atoms with E-state index in [1.54, 1.807) is 21.3 Å². The van der Waals surface area contributed by atoms with E-state index in [4.69, 9.17) is 18.5 Å². The van der Waals surface area contributed by atoms with Gasteiger partial charge in [0.2, 0.25) is 0 Å². The summed E-state index contributed by atoms with van der Waals surface area (Å²) in [5, 5.41) is 10.2. The molecule has 0 fully saturated rings. The molecule has 0 rings (SSSR count). The predicted molar refractivity (Wildman–Crippen MR) is 59.9 cm³/mol. The third-order valence-corrected chi connectivity index (χ3v) is 4.97. The molecule has 1 N–H and O–H groups in total. The summed E-state index contributed by atoms with van der Waals surface area (Å²) in [6, 6.07) is 0.727. The van der Waals surface area contributed by atoms with E-state index >= 15 is 0 Å². The molecule has 0 saturated heterocycles. The maximum Gasteiger partial charge on any atom is 0.500 e. The molecule has 0 unspecified atom stereocenters. The Balaban J connectivity index is 3.99. The molecule has 0 aromatic rings. The van der Waals surface area contributed by atoms with Crippen molar-refractivity contribution in [3.05, 3.63) is 0 Å². The zero-order chi connectivity index (χ0) is 11.7. The largest absolute Gasteiger partial charge is 0.500 e. The van der Waals surface area contributed by atoms with Gasteiger partial charge < -0.3 is 18.5 Å².